The molecule has 0 aliphatic rings. The molecule has 1 rings (SSSR count). The fourth-order valence-corrected chi connectivity index (χ4v) is 1.70. The zero-order valence-electron chi connectivity index (χ0n) is 11.0. The lowest BCUT2D eigenvalue weighted by Crippen LogP contribution is -2.39. The maximum Gasteiger partial charge on any atom is 0.305 e. The molecule has 0 bridgehead atoms. The van der Waals surface area contributed by atoms with Crippen molar-refractivity contribution in [1.82, 2.24) is 4.90 Å². The van der Waals surface area contributed by atoms with E-state index < -0.39 is 40.9 Å². The van der Waals surface area contributed by atoms with E-state index in [0.29, 0.717) is 12.1 Å². The zero-order chi connectivity index (χ0) is 15.4. The van der Waals surface area contributed by atoms with E-state index in [2.05, 4.69) is 0 Å². The molecule has 0 spiro atoms. The van der Waals surface area contributed by atoms with E-state index >= 15 is 0 Å². The fourth-order valence-electron chi connectivity index (χ4n) is 1.70. The van der Waals surface area contributed by atoms with Crippen LogP contribution in [0.1, 0.15) is 30.6 Å². The lowest BCUT2D eigenvalue weighted by molar-refractivity contribution is -0.137. The summed E-state index contributed by atoms with van der Waals surface area (Å²) in [4.78, 5) is 23.6. The highest BCUT2D eigenvalue weighted by molar-refractivity contribution is 5.95. The van der Waals surface area contributed by atoms with E-state index in [-0.39, 0.29) is 13.0 Å². The monoisotopic (exact) mass is 289 g/mol. The van der Waals surface area contributed by atoms with Crippen LogP contribution in [-0.2, 0) is 4.79 Å². The van der Waals surface area contributed by atoms with Gasteiger partial charge in [0.15, 0.2) is 0 Å². The minimum Gasteiger partial charge on any atom is -0.481 e. The van der Waals surface area contributed by atoms with Crippen molar-refractivity contribution in [1.29, 1.82) is 0 Å². The third-order valence-corrected chi connectivity index (χ3v) is 2.67. The number of hydrogen-bond acceptors (Lipinski definition) is 2. The quantitative estimate of drug-likeness (QED) is 0.905. The Bertz CT molecular complexity index is 509. The number of carbonyl (C=O) groups is 2. The molecule has 4 nitrogen and oxygen atoms in total. The van der Waals surface area contributed by atoms with E-state index in [4.69, 9.17) is 5.11 Å². The van der Waals surface area contributed by atoms with Crippen molar-refractivity contribution in [2.75, 3.05) is 6.54 Å². The molecule has 0 aliphatic carbocycles. The predicted molar refractivity (Wildman–Crippen MR) is 64.7 cm³/mol. The van der Waals surface area contributed by atoms with Crippen molar-refractivity contribution in [3.8, 4) is 0 Å². The molecule has 1 aromatic carbocycles. The molecule has 0 atom stereocenters. The van der Waals surface area contributed by atoms with E-state index in [1.165, 1.54) is 0 Å². The number of rotatable bonds is 5. The van der Waals surface area contributed by atoms with Crippen molar-refractivity contribution in [3.05, 3.63) is 35.1 Å². The summed E-state index contributed by atoms with van der Waals surface area (Å²) in [5.74, 6) is -5.89. The van der Waals surface area contributed by atoms with Crippen molar-refractivity contribution < 1.29 is 27.9 Å². The van der Waals surface area contributed by atoms with Crippen LogP contribution in [0, 0.1) is 17.5 Å². The van der Waals surface area contributed by atoms with Gasteiger partial charge in [-0.2, -0.15) is 0 Å². The van der Waals surface area contributed by atoms with Crippen LogP contribution in [0.25, 0.3) is 0 Å². The molecule has 0 aliphatic heterocycles. The molecule has 0 fully saturated rings. The number of carboxylic acid groups (broad SMARTS) is 1. The lowest BCUT2D eigenvalue weighted by atomic mass is 10.1. The SMILES string of the molecule is CC(C)N(CCC(=O)O)C(=O)c1c(F)cc(F)cc1F. The summed E-state index contributed by atoms with van der Waals surface area (Å²) in [7, 11) is 0. The van der Waals surface area contributed by atoms with Crippen molar-refractivity contribution in [2.45, 2.75) is 26.3 Å². The average Bonchev–Trinajstić information content (AvgIpc) is 2.26. The minimum absolute atomic E-state index is 0.192. The molecular weight excluding hydrogens is 275 g/mol. The summed E-state index contributed by atoms with van der Waals surface area (Å²) < 4.78 is 39.9. The molecule has 110 valence electrons. The summed E-state index contributed by atoms with van der Waals surface area (Å²) in [5.41, 5.74) is -0.884. The maximum absolute atomic E-state index is 13.5. The van der Waals surface area contributed by atoms with Crippen LogP contribution in [0.4, 0.5) is 13.2 Å². The molecule has 7 heteroatoms. The molecule has 0 heterocycles. The van der Waals surface area contributed by atoms with Gasteiger partial charge >= 0.3 is 5.97 Å². The number of carboxylic acids is 1. The van der Waals surface area contributed by atoms with Crippen LogP contribution in [-0.4, -0.2) is 34.5 Å². The van der Waals surface area contributed by atoms with Gasteiger partial charge in [-0.15, -0.1) is 0 Å². The first-order valence-corrected chi connectivity index (χ1v) is 5.91. The fraction of sp³-hybridized carbons (Fsp3) is 0.385. The first kappa shape index (κ1) is 16.0. The molecule has 0 unspecified atom stereocenters. The van der Waals surface area contributed by atoms with Crippen LogP contribution < -0.4 is 0 Å². The number of carbonyl (C=O) groups excluding carboxylic acids is 1. The normalized spacial score (nSPS) is 10.7. The smallest absolute Gasteiger partial charge is 0.305 e. The van der Waals surface area contributed by atoms with Crippen LogP contribution in [0.2, 0.25) is 0 Å². The predicted octanol–water partition coefficient (Wildman–Crippen LogP) is 2.43. The largest absolute Gasteiger partial charge is 0.481 e. The Morgan fingerprint density at radius 3 is 2.10 bits per heavy atom. The number of nitrogens with zero attached hydrogens (tertiary/aromatic N) is 1. The molecular formula is C13H14F3NO3. The van der Waals surface area contributed by atoms with E-state index in [1.54, 1.807) is 13.8 Å². The summed E-state index contributed by atoms with van der Waals surface area (Å²) in [6, 6.07) is 0.364. The second-order valence-electron chi connectivity index (χ2n) is 4.48. The maximum atomic E-state index is 13.5. The average molecular weight is 289 g/mol. The van der Waals surface area contributed by atoms with Gasteiger partial charge in [0.1, 0.15) is 23.0 Å². The molecule has 20 heavy (non-hydrogen) atoms. The number of amides is 1. The van der Waals surface area contributed by atoms with E-state index in [1.807, 2.05) is 0 Å². The molecule has 1 aromatic rings. The highest BCUT2D eigenvalue weighted by atomic mass is 19.1. The van der Waals surface area contributed by atoms with Gasteiger partial charge < -0.3 is 10.0 Å². The van der Waals surface area contributed by atoms with E-state index in [9.17, 15) is 22.8 Å². The molecule has 0 radical (unpaired) electrons. The Balaban J connectivity index is 3.10. The Hall–Kier alpha value is -2.05. The first-order valence-electron chi connectivity index (χ1n) is 5.91. The second kappa shape index (κ2) is 6.40. The van der Waals surface area contributed by atoms with Gasteiger partial charge in [-0.05, 0) is 13.8 Å². The summed E-state index contributed by atoms with van der Waals surface area (Å²) in [6.45, 7) is 2.97. The topological polar surface area (TPSA) is 57.6 Å². The van der Waals surface area contributed by atoms with Gasteiger partial charge in [0.05, 0.1) is 6.42 Å². The number of hydrogen-bond donors (Lipinski definition) is 1. The Labute approximate surface area is 113 Å². The Morgan fingerprint density at radius 1 is 1.20 bits per heavy atom. The standard InChI is InChI=1S/C13H14F3NO3/c1-7(2)17(4-3-11(18)19)13(20)12-9(15)5-8(14)6-10(12)16/h5-7H,3-4H2,1-2H3,(H,18,19). The van der Waals surface area contributed by atoms with Gasteiger partial charge in [-0.25, -0.2) is 13.2 Å². The molecule has 0 saturated carbocycles. The number of benzene rings is 1. The van der Waals surface area contributed by atoms with Crippen LogP contribution in [0.15, 0.2) is 12.1 Å². The number of halogens is 3. The minimum atomic E-state index is -1.31. The summed E-state index contributed by atoms with van der Waals surface area (Å²) in [5, 5.41) is 8.61. The second-order valence-corrected chi connectivity index (χ2v) is 4.48. The van der Waals surface area contributed by atoms with Gasteiger partial charge in [-0.3, -0.25) is 9.59 Å². The summed E-state index contributed by atoms with van der Waals surface area (Å²) in [6.07, 6.45) is -0.353. The highest BCUT2D eigenvalue weighted by Gasteiger charge is 2.26. The number of aliphatic carboxylic acids is 1. The van der Waals surface area contributed by atoms with Crippen LogP contribution in [0.3, 0.4) is 0 Å². The third kappa shape index (κ3) is 3.72. The first-order chi connectivity index (χ1) is 9.23. The Morgan fingerprint density at radius 2 is 1.70 bits per heavy atom. The van der Waals surface area contributed by atoms with Gasteiger partial charge in [-0.1, -0.05) is 0 Å². The van der Waals surface area contributed by atoms with E-state index in [0.717, 1.165) is 4.90 Å². The van der Waals surface area contributed by atoms with Crippen LogP contribution in [0.5, 0.6) is 0 Å². The van der Waals surface area contributed by atoms with Crippen molar-refractivity contribution >= 4 is 11.9 Å². The highest BCUT2D eigenvalue weighted by Crippen LogP contribution is 2.18. The molecule has 0 saturated heterocycles. The Kier molecular flexibility index (Phi) is 5.12. The summed E-state index contributed by atoms with van der Waals surface area (Å²) >= 11 is 0. The van der Waals surface area contributed by atoms with Gasteiger partial charge in [0, 0.05) is 24.7 Å². The molecule has 1 amide bonds. The molecule has 0 aromatic heterocycles. The third-order valence-electron chi connectivity index (χ3n) is 2.67. The van der Waals surface area contributed by atoms with Gasteiger partial charge in [0.2, 0.25) is 0 Å². The van der Waals surface area contributed by atoms with Crippen molar-refractivity contribution in [2.24, 2.45) is 0 Å². The van der Waals surface area contributed by atoms with Gasteiger partial charge in [0.25, 0.3) is 5.91 Å². The van der Waals surface area contributed by atoms with Crippen LogP contribution >= 0.6 is 0 Å². The van der Waals surface area contributed by atoms with Crippen molar-refractivity contribution in [3.63, 3.8) is 0 Å². The lowest BCUT2D eigenvalue weighted by Gasteiger charge is -2.26. The molecule has 1 N–H and O–H groups in total. The zero-order valence-corrected chi connectivity index (χ0v) is 11.0.